The van der Waals surface area contributed by atoms with E-state index in [1.807, 2.05) is 0 Å². The molecule has 5 nitrogen and oxygen atoms in total. The van der Waals surface area contributed by atoms with Gasteiger partial charge in [0.2, 0.25) is 0 Å². The van der Waals surface area contributed by atoms with Crippen LogP contribution < -0.4 is 0 Å². The van der Waals surface area contributed by atoms with Crippen LogP contribution in [-0.4, -0.2) is 54.9 Å². The number of piperidine rings is 2. The fraction of sp³-hybridized carbons (Fsp3) is 1.00. The second-order valence-corrected chi connectivity index (χ2v) is 8.25. The Kier molecular flexibility index (Phi) is 4.87. The molecule has 6 heteroatoms. The van der Waals surface area contributed by atoms with E-state index in [1.54, 1.807) is 8.61 Å². The van der Waals surface area contributed by atoms with Gasteiger partial charge in [-0.1, -0.05) is 13.8 Å². The molecule has 0 radical (unpaired) electrons. The first-order chi connectivity index (χ1) is 8.93. The molecule has 19 heavy (non-hydrogen) atoms. The van der Waals surface area contributed by atoms with Crippen LogP contribution in [0.4, 0.5) is 0 Å². The number of hydrogen-bond donors (Lipinski definition) is 1. The van der Waals surface area contributed by atoms with E-state index in [9.17, 15) is 13.5 Å². The zero-order valence-corrected chi connectivity index (χ0v) is 12.8. The normalized spacial score (nSPS) is 35.4. The molecule has 2 fully saturated rings. The molecule has 0 bridgehead atoms. The number of rotatable bonds is 3. The number of aliphatic hydroxyl groups excluding tert-OH is 1. The minimum Gasteiger partial charge on any atom is -0.396 e. The lowest BCUT2D eigenvalue weighted by molar-refractivity contribution is 0.152. The van der Waals surface area contributed by atoms with Gasteiger partial charge in [0.15, 0.2) is 0 Å². The van der Waals surface area contributed by atoms with Gasteiger partial charge in [-0.2, -0.15) is 17.0 Å². The van der Waals surface area contributed by atoms with Gasteiger partial charge >= 0.3 is 0 Å². The van der Waals surface area contributed by atoms with Gasteiger partial charge in [0.05, 0.1) is 0 Å². The lowest BCUT2D eigenvalue weighted by Gasteiger charge is -2.39. The maximum atomic E-state index is 12.7. The van der Waals surface area contributed by atoms with Gasteiger partial charge < -0.3 is 5.11 Å². The van der Waals surface area contributed by atoms with Crippen molar-refractivity contribution in [3.8, 4) is 0 Å². The summed E-state index contributed by atoms with van der Waals surface area (Å²) in [6, 6.07) is 0. The summed E-state index contributed by atoms with van der Waals surface area (Å²) < 4.78 is 28.5. The number of nitrogens with zero attached hydrogens (tertiary/aromatic N) is 2. The van der Waals surface area contributed by atoms with E-state index in [0.29, 0.717) is 38.0 Å². The van der Waals surface area contributed by atoms with Crippen LogP contribution in [0.1, 0.15) is 33.1 Å². The minimum absolute atomic E-state index is 0.0822. The smallest absolute Gasteiger partial charge is 0.282 e. The monoisotopic (exact) mass is 290 g/mol. The highest BCUT2D eigenvalue weighted by molar-refractivity contribution is 7.86. The average molecular weight is 290 g/mol. The van der Waals surface area contributed by atoms with Crippen molar-refractivity contribution < 1.29 is 13.5 Å². The molecule has 0 saturated carbocycles. The Labute approximate surface area is 116 Å². The van der Waals surface area contributed by atoms with Crippen molar-refractivity contribution >= 4 is 10.2 Å². The first kappa shape index (κ1) is 15.2. The fourth-order valence-corrected chi connectivity index (χ4v) is 5.31. The maximum Gasteiger partial charge on any atom is 0.282 e. The average Bonchev–Trinajstić information content (AvgIpc) is 2.37. The van der Waals surface area contributed by atoms with Crippen molar-refractivity contribution in [1.82, 2.24) is 8.61 Å². The number of hydrogen-bond acceptors (Lipinski definition) is 3. The third-order valence-corrected chi connectivity index (χ3v) is 6.16. The maximum absolute atomic E-state index is 12.7. The molecule has 0 aromatic heterocycles. The fourth-order valence-electron chi connectivity index (χ4n) is 3.34. The molecule has 0 aliphatic carbocycles. The zero-order valence-electron chi connectivity index (χ0n) is 12.0. The van der Waals surface area contributed by atoms with Crippen molar-refractivity contribution in [3.63, 3.8) is 0 Å². The third-order valence-electron chi connectivity index (χ3n) is 4.23. The Morgan fingerprint density at radius 3 is 2.32 bits per heavy atom. The first-order valence-electron chi connectivity index (χ1n) is 7.29. The van der Waals surface area contributed by atoms with Crippen molar-refractivity contribution in [1.29, 1.82) is 0 Å². The van der Waals surface area contributed by atoms with E-state index < -0.39 is 10.2 Å². The van der Waals surface area contributed by atoms with Gasteiger partial charge in [0.1, 0.15) is 0 Å². The van der Waals surface area contributed by atoms with Crippen molar-refractivity contribution in [2.75, 3.05) is 32.8 Å². The van der Waals surface area contributed by atoms with Gasteiger partial charge in [-0.25, -0.2) is 0 Å². The molecule has 0 amide bonds. The summed E-state index contributed by atoms with van der Waals surface area (Å²) in [5.41, 5.74) is 0. The summed E-state index contributed by atoms with van der Waals surface area (Å²) in [6.45, 7) is 6.64. The van der Waals surface area contributed by atoms with Gasteiger partial charge in [0.25, 0.3) is 10.2 Å². The standard InChI is InChI=1S/C13H26N2O3S/c1-11-6-12(2)8-15(7-11)19(17,18)14-5-3-4-13(9-14)10-16/h11-13,16H,3-10H2,1-2H3. The van der Waals surface area contributed by atoms with Crippen LogP contribution in [0, 0.1) is 17.8 Å². The van der Waals surface area contributed by atoms with E-state index in [1.165, 1.54) is 0 Å². The van der Waals surface area contributed by atoms with Gasteiger partial charge in [-0.05, 0) is 37.0 Å². The minimum atomic E-state index is -3.34. The predicted octanol–water partition coefficient (Wildman–Crippen LogP) is 0.913. The van der Waals surface area contributed by atoms with Gasteiger partial charge in [0, 0.05) is 32.8 Å². The summed E-state index contributed by atoms with van der Waals surface area (Å²) in [4.78, 5) is 0. The molecule has 2 rings (SSSR count). The molecule has 3 unspecified atom stereocenters. The summed E-state index contributed by atoms with van der Waals surface area (Å²) >= 11 is 0. The molecule has 1 N–H and O–H groups in total. The van der Waals surface area contributed by atoms with Crippen molar-refractivity contribution in [2.45, 2.75) is 33.1 Å². The second-order valence-electron chi connectivity index (χ2n) is 6.32. The van der Waals surface area contributed by atoms with E-state index in [4.69, 9.17) is 0 Å². The molecule has 112 valence electrons. The Morgan fingerprint density at radius 1 is 1.11 bits per heavy atom. The van der Waals surface area contributed by atoms with Crippen LogP contribution in [0.5, 0.6) is 0 Å². The molecular formula is C13H26N2O3S. The number of aliphatic hydroxyl groups is 1. The van der Waals surface area contributed by atoms with Crippen LogP contribution in [0.2, 0.25) is 0 Å². The van der Waals surface area contributed by atoms with Crippen LogP contribution >= 0.6 is 0 Å². The first-order valence-corrected chi connectivity index (χ1v) is 8.69. The summed E-state index contributed by atoms with van der Waals surface area (Å²) in [5.74, 6) is 0.956. The second kappa shape index (κ2) is 6.08. The molecule has 0 aromatic rings. The molecule has 2 heterocycles. The van der Waals surface area contributed by atoms with E-state index in [0.717, 1.165) is 19.3 Å². The highest BCUT2D eigenvalue weighted by atomic mass is 32.2. The highest BCUT2D eigenvalue weighted by Gasteiger charge is 2.36. The molecule has 2 aliphatic rings. The molecule has 2 aliphatic heterocycles. The molecule has 2 saturated heterocycles. The van der Waals surface area contributed by atoms with Crippen molar-refractivity contribution in [2.24, 2.45) is 17.8 Å². The van der Waals surface area contributed by atoms with Crippen LogP contribution in [0.15, 0.2) is 0 Å². The lowest BCUT2D eigenvalue weighted by atomic mass is 9.94. The van der Waals surface area contributed by atoms with Crippen LogP contribution in [-0.2, 0) is 10.2 Å². The van der Waals surface area contributed by atoms with Crippen LogP contribution in [0.3, 0.4) is 0 Å². The van der Waals surface area contributed by atoms with Gasteiger partial charge in [-0.3, -0.25) is 0 Å². The zero-order chi connectivity index (χ0) is 14.0. The molecule has 3 atom stereocenters. The summed E-state index contributed by atoms with van der Waals surface area (Å²) in [6.07, 6.45) is 2.88. The van der Waals surface area contributed by atoms with E-state index in [2.05, 4.69) is 13.8 Å². The van der Waals surface area contributed by atoms with Crippen LogP contribution in [0.25, 0.3) is 0 Å². The molecule has 0 aromatic carbocycles. The molecule has 0 spiro atoms. The Morgan fingerprint density at radius 2 is 1.74 bits per heavy atom. The highest BCUT2D eigenvalue weighted by Crippen LogP contribution is 2.27. The molecular weight excluding hydrogens is 264 g/mol. The third kappa shape index (κ3) is 3.48. The Hall–Kier alpha value is -0.170. The summed E-state index contributed by atoms with van der Waals surface area (Å²) in [5, 5.41) is 9.23. The SMILES string of the molecule is CC1CC(C)CN(S(=O)(=O)N2CCCC(CO)C2)C1. The lowest BCUT2D eigenvalue weighted by Crippen LogP contribution is -2.52. The quantitative estimate of drug-likeness (QED) is 0.840. The van der Waals surface area contributed by atoms with E-state index >= 15 is 0 Å². The largest absolute Gasteiger partial charge is 0.396 e. The van der Waals surface area contributed by atoms with Gasteiger partial charge in [-0.15, -0.1) is 0 Å². The van der Waals surface area contributed by atoms with Crippen molar-refractivity contribution in [3.05, 3.63) is 0 Å². The predicted molar refractivity (Wildman–Crippen MR) is 74.8 cm³/mol. The Balaban J connectivity index is 2.08. The topological polar surface area (TPSA) is 60.9 Å². The Bertz CT molecular complexity index is 389. The van der Waals surface area contributed by atoms with E-state index in [-0.39, 0.29) is 12.5 Å². The summed E-state index contributed by atoms with van der Waals surface area (Å²) in [7, 11) is -3.34.